The molecule has 0 saturated heterocycles. The second-order valence-corrected chi connectivity index (χ2v) is 5.88. The number of benzene rings is 2. The van der Waals surface area contributed by atoms with Gasteiger partial charge in [-0.3, -0.25) is 4.79 Å². The highest BCUT2D eigenvalue weighted by atomic mass is 79.9. The summed E-state index contributed by atoms with van der Waals surface area (Å²) in [5, 5.41) is 11.9. The zero-order valence-corrected chi connectivity index (χ0v) is 14.2. The van der Waals surface area contributed by atoms with Crippen molar-refractivity contribution >= 4 is 45.2 Å². The number of hydrogen-bond acceptors (Lipinski definition) is 4. The van der Waals surface area contributed by atoms with Crippen molar-refractivity contribution < 1.29 is 4.79 Å². The second kappa shape index (κ2) is 7.65. The summed E-state index contributed by atoms with van der Waals surface area (Å²) < 4.78 is 2.29. The van der Waals surface area contributed by atoms with Crippen LogP contribution < -0.4 is 5.43 Å². The van der Waals surface area contributed by atoms with Crippen LogP contribution in [-0.4, -0.2) is 27.1 Å². The van der Waals surface area contributed by atoms with E-state index in [0.29, 0.717) is 0 Å². The number of amides is 1. The van der Waals surface area contributed by atoms with Gasteiger partial charge in [-0.05, 0) is 39.7 Å². The largest absolute Gasteiger partial charge is 0.271 e. The van der Waals surface area contributed by atoms with Gasteiger partial charge in [-0.2, -0.15) is 5.10 Å². The third-order valence-electron chi connectivity index (χ3n) is 3.19. The molecule has 0 spiro atoms. The van der Waals surface area contributed by atoms with Crippen LogP contribution in [0.25, 0.3) is 17.1 Å². The van der Waals surface area contributed by atoms with Gasteiger partial charge in [0.1, 0.15) is 12.1 Å². The molecule has 1 amide bonds. The van der Waals surface area contributed by atoms with Gasteiger partial charge in [-0.1, -0.05) is 47.7 Å². The van der Waals surface area contributed by atoms with E-state index in [0.717, 1.165) is 21.1 Å². The molecule has 3 rings (SSSR count). The fourth-order valence-electron chi connectivity index (χ4n) is 2.12. The molecule has 0 radical (unpaired) electrons. The average molecular weight is 384 g/mol. The fraction of sp³-hybridized carbons (Fsp3) is 0.0588. The molecule has 0 fully saturated rings. The third-order valence-corrected chi connectivity index (χ3v) is 3.63. The van der Waals surface area contributed by atoms with Crippen LogP contribution >= 0.6 is 15.9 Å². The van der Waals surface area contributed by atoms with Crippen LogP contribution in [0.15, 0.2) is 64.2 Å². The third kappa shape index (κ3) is 4.14. The van der Waals surface area contributed by atoms with Gasteiger partial charge in [-0.25, -0.2) is 10.1 Å². The van der Waals surface area contributed by atoms with Crippen LogP contribution in [0.2, 0.25) is 0 Å². The predicted molar refractivity (Wildman–Crippen MR) is 97.5 cm³/mol. The van der Waals surface area contributed by atoms with E-state index in [4.69, 9.17) is 0 Å². The van der Waals surface area contributed by atoms with E-state index in [1.165, 1.54) is 10.9 Å². The number of hydrogen-bond donors (Lipinski definition) is 1. The molecular weight excluding hydrogens is 370 g/mol. The molecule has 1 N–H and O–H groups in total. The Hall–Kier alpha value is -2.80. The lowest BCUT2D eigenvalue weighted by atomic mass is 10.2. The first kappa shape index (κ1) is 16.1. The van der Waals surface area contributed by atoms with E-state index < -0.39 is 0 Å². The Morgan fingerprint density at radius 3 is 2.75 bits per heavy atom. The van der Waals surface area contributed by atoms with Gasteiger partial charge >= 0.3 is 0 Å². The molecule has 1 aromatic heterocycles. The monoisotopic (exact) mass is 383 g/mol. The molecule has 0 unspecified atom stereocenters. The van der Waals surface area contributed by atoms with Gasteiger partial charge in [0.25, 0.3) is 5.91 Å². The Balaban J connectivity index is 1.58. The number of allylic oxidation sites excluding steroid dienone is 1. The quantitative estimate of drug-likeness (QED) is 0.543. The second-order valence-electron chi connectivity index (χ2n) is 4.97. The van der Waals surface area contributed by atoms with Crippen molar-refractivity contribution in [1.82, 2.24) is 20.4 Å². The number of nitrogens with zero attached hydrogens (tertiary/aromatic N) is 4. The van der Waals surface area contributed by atoms with Gasteiger partial charge in [-0.15, -0.1) is 5.10 Å². The summed E-state index contributed by atoms with van der Waals surface area (Å²) in [5.41, 5.74) is 5.07. The molecular formula is C17H14BrN5O. The topological polar surface area (TPSA) is 72.2 Å². The van der Waals surface area contributed by atoms with Crippen molar-refractivity contribution in [2.24, 2.45) is 5.10 Å². The number of para-hydroxylation sites is 1. The first-order chi connectivity index (χ1) is 11.7. The number of carbonyl (C=O) groups excluding carboxylic acids is 1. The molecule has 0 aliphatic rings. The molecule has 7 heteroatoms. The molecule has 1 heterocycles. The van der Waals surface area contributed by atoms with Crippen molar-refractivity contribution in [3.63, 3.8) is 0 Å². The van der Waals surface area contributed by atoms with Gasteiger partial charge in [0.05, 0.1) is 11.7 Å². The predicted octanol–water partition coefficient (Wildman–Crippen LogP) is 2.97. The minimum atomic E-state index is -0.276. The van der Waals surface area contributed by atoms with Gasteiger partial charge in [0.2, 0.25) is 0 Å². The van der Waals surface area contributed by atoms with Crippen LogP contribution in [0.1, 0.15) is 5.56 Å². The molecule has 0 aliphatic carbocycles. The summed E-state index contributed by atoms with van der Waals surface area (Å²) in [6.45, 7) is 0.0534. The smallest absolute Gasteiger partial charge is 0.261 e. The van der Waals surface area contributed by atoms with Crippen molar-refractivity contribution in [2.75, 3.05) is 0 Å². The van der Waals surface area contributed by atoms with Crippen LogP contribution in [0, 0.1) is 0 Å². The lowest BCUT2D eigenvalue weighted by molar-refractivity contribution is -0.121. The fourth-order valence-corrected chi connectivity index (χ4v) is 2.48. The van der Waals surface area contributed by atoms with Crippen LogP contribution in [-0.2, 0) is 11.3 Å². The molecule has 0 bridgehead atoms. The minimum Gasteiger partial charge on any atom is -0.271 e. The maximum Gasteiger partial charge on any atom is 0.261 e. The maximum absolute atomic E-state index is 11.9. The first-order valence-corrected chi connectivity index (χ1v) is 8.04. The Bertz CT molecular complexity index is 901. The summed E-state index contributed by atoms with van der Waals surface area (Å²) in [4.78, 5) is 11.9. The average Bonchev–Trinajstić information content (AvgIpc) is 2.99. The van der Waals surface area contributed by atoms with E-state index in [1.54, 1.807) is 0 Å². The van der Waals surface area contributed by atoms with Gasteiger partial charge < -0.3 is 0 Å². The minimum absolute atomic E-state index is 0.0534. The first-order valence-electron chi connectivity index (χ1n) is 7.25. The van der Waals surface area contributed by atoms with Crippen molar-refractivity contribution in [1.29, 1.82) is 0 Å². The molecule has 2 aromatic carbocycles. The van der Waals surface area contributed by atoms with Crippen molar-refractivity contribution in [2.45, 2.75) is 6.54 Å². The van der Waals surface area contributed by atoms with Crippen molar-refractivity contribution in [3.05, 3.63) is 64.6 Å². The summed E-state index contributed by atoms with van der Waals surface area (Å²) >= 11 is 3.39. The lowest BCUT2D eigenvalue weighted by Crippen LogP contribution is -2.23. The highest BCUT2D eigenvalue weighted by Crippen LogP contribution is 2.10. The van der Waals surface area contributed by atoms with Crippen LogP contribution in [0.5, 0.6) is 0 Å². The molecule has 24 heavy (non-hydrogen) atoms. The molecule has 0 atom stereocenters. The molecule has 120 valence electrons. The molecule has 0 aliphatic heterocycles. The summed E-state index contributed by atoms with van der Waals surface area (Å²) in [6, 6.07) is 17.3. The Morgan fingerprint density at radius 2 is 1.92 bits per heavy atom. The number of aromatic nitrogens is 3. The zero-order chi connectivity index (χ0) is 16.8. The number of carbonyl (C=O) groups is 1. The molecule has 6 nitrogen and oxygen atoms in total. The normalized spacial score (nSPS) is 12.0. The van der Waals surface area contributed by atoms with E-state index in [1.807, 2.05) is 60.7 Å². The van der Waals surface area contributed by atoms with Crippen LogP contribution in [0.3, 0.4) is 0 Å². The SMILES string of the molecule is O=C(Cn1nnc2ccccc21)N/N=C\C(Br)=C\c1ccccc1. The standard InChI is InChI=1S/C17H14BrN5O/c18-14(10-13-6-2-1-3-7-13)11-19-21-17(24)12-23-16-9-5-4-8-15(16)20-22-23/h1-11H,12H2,(H,21,24)/b14-10-,19-11-. The van der Waals surface area contributed by atoms with Crippen molar-refractivity contribution in [3.8, 4) is 0 Å². The van der Waals surface area contributed by atoms with Gasteiger partial charge in [0, 0.05) is 4.48 Å². The van der Waals surface area contributed by atoms with Crippen LogP contribution in [0.4, 0.5) is 0 Å². The lowest BCUT2D eigenvalue weighted by Gasteiger charge is -2.01. The number of rotatable bonds is 5. The number of fused-ring (bicyclic) bond motifs is 1. The Morgan fingerprint density at radius 1 is 1.17 bits per heavy atom. The zero-order valence-electron chi connectivity index (χ0n) is 12.6. The van der Waals surface area contributed by atoms with E-state index in [2.05, 4.69) is 36.8 Å². The molecule has 0 saturated carbocycles. The Labute approximate surface area is 147 Å². The Kier molecular flexibility index (Phi) is 5.12. The van der Waals surface area contributed by atoms with Gasteiger partial charge in [0.15, 0.2) is 0 Å². The summed E-state index contributed by atoms with van der Waals surface area (Å²) in [6.07, 6.45) is 3.44. The highest BCUT2D eigenvalue weighted by molar-refractivity contribution is 9.12. The van der Waals surface area contributed by atoms with E-state index >= 15 is 0 Å². The summed E-state index contributed by atoms with van der Waals surface area (Å²) in [5.74, 6) is -0.276. The highest BCUT2D eigenvalue weighted by Gasteiger charge is 2.07. The molecule has 3 aromatic rings. The van der Waals surface area contributed by atoms with E-state index in [9.17, 15) is 4.79 Å². The number of hydrazone groups is 1. The summed E-state index contributed by atoms with van der Waals surface area (Å²) in [7, 11) is 0. The van der Waals surface area contributed by atoms with E-state index in [-0.39, 0.29) is 12.5 Å². The number of halogens is 1. The number of nitrogens with one attached hydrogen (secondary N) is 1. The maximum atomic E-state index is 11.9.